The molecule has 2 atom stereocenters. The first kappa shape index (κ1) is 14.5. The number of hydrogen-bond donors (Lipinski definition) is 2. The SMILES string of the molecule is CCCNC(=O)C1C=C2c3cccc4[nH]cc(c34)CC2N(C)C1. The molecule has 0 fully saturated rings. The van der Waals surface area contributed by atoms with Gasteiger partial charge in [0.15, 0.2) is 0 Å². The Morgan fingerprint density at radius 2 is 2.30 bits per heavy atom. The summed E-state index contributed by atoms with van der Waals surface area (Å²) in [6, 6.07) is 6.79. The molecule has 2 aliphatic rings. The van der Waals surface area contributed by atoms with Gasteiger partial charge in [-0.1, -0.05) is 25.1 Å². The topological polar surface area (TPSA) is 48.1 Å². The molecule has 4 rings (SSSR count). The van der Waals surface area contributed by atoms with Crippen molar-refractivity contribution in [2.24, 2.45) is 5.92 Å². The zero-order valence-electron chi connectivity index (χ0n) is 13.7. The first-order valence-electron chi connectivity index (χ1n) is 8.48. The number of carbonyl (C=O) groups is 1. The molecule has 1 aromatic carbocycles. The van der Waals surface area contributed by atoms with Gasteiger partial charge in [-0.25, -0.2) is 0 Å². The van der Waals surface area contributed by atoms with Crippen LogP contribution in [-0.2, 0) is 11.2 Å². The monoisotopic (exact) mass is 309 g/mol. The van der Waals surface area contributed by atoms with Crippen LogP contribution < -0.4 is 5.32 Å². The third-order valence-electron chi connectivity index (χ3n) is 5.15. The van der Waals surface area contributed by atoms with Crippen molar-refractivity contribution in [3.63, 3.8) is 0 Å². The van der Waals surface area contributed by atoms with Crippen LogP contribution in [0.5, 0.6) is 0 Å². The van der Waals surface area contributed by atoms with Crippen LogP contribution >= 0.6 is 0 Å². The predicted molar refractivity (Wildman–Crippen MR) is 93.2 cm³/mol. The second kappa shape index (κ2) is 5.53. The minimum Gasteiger partial charge on any atom is -0.361 e. The van der Waals surface area contributed by atoms with E-state index in [0.717, 1.165) is 25.9 Å². The third-order valence-corrected chi connectivity index (χ3v) is 5.15. The fourth-order valence-corrected chi connectivity index (χ4v) is 3.99. The number of nitrogens with one attached hydrogen (secondary N) is 2. The maximum absolute atomic E-state index is 12.4. The summed E-state index contributed by atoms with van der Waals surface area (Å²) < 4.78 is 0. The first-order valence-corrected chi connectivity index (χ1v) is 8.48. The Bertz CT molecular complexity index is 789. The summed E-state index contributed by atoms with van der Waals surface area (Å²) in [5, 5.41) is 4.37. The maximum atomic E-state index is 12.4. The van der Waals surface area contributed by atoms with Crippen molar-refractivity contribution in [3.8, 4) is 0 Å². The molecule has 0 radical (unpaired) electrons. The molecule has 2 aromatic rings. The lowest BCUT2D eigenvalue weighted by Gasteiger charge is -2.39. The number of amides is 1. The van der Waals surface area contributed by atoms with E-state index in [4.69, 9.17) is 0 Å². The highest BCUT2D eigenvalue weighted by Crippen LogP contribution is 2.40. The number of aromatic amines is 1. The van der Waals surface area contributed by atoms with Crippen LogP contribution in [0.3, 0.4) is 0 Å². The fraction of sp³-hybridized carbons (Fsp3) is 0.421. The number of benzene rings is 1. The average Bonchev–Trinajstić information content (AvgIpc) is 2.98. The van der Waals surface area contributed by atoms with E-state index < -0.39 is 0 Å². The van der Waals surface area contributed by atoms with E-state index in [-0.39, 0.29) is 11.8 Å². The number of rotatable bonds is 3. The van der Waals surface area contributed by atoms with Crippen molar-refractivity contribution in [1.82, 2.24) is 15.2 Å². The van der Waals surface area contributed by atoms with Gasteiger partial charge < -0.3 is 10.3 Å². The highest BCUT2D eigenvalue weighted by molar-refractivity contribution is 5.99. The molecule has 0 saturated carbocycles. The third kappa shape index (κ3) is 2.29. The predicted octanol–water partition coefficient (Wildman–Crippen LogP) is 2.56. The summed E-state index contributed by atoms with van der Waals surface area (Å²) in [6.45, 7) is 3.62. The van der Waals surface area contributed by atoms with Crippen LogP contribution in [0.25, 0.3) is 16.5 Å². The van der Waals surface area contributed by atoms with Crippen molar-refractivity contribution in [2.75, 3.05) is 20.1 Å². The lowest BCUT2D eigenvalue weighted by molar-refractivity contribution is -0.124. The van der Waals surface area contributed by atoms with Crippen LogP contribution in [-0.4, -0.2) is 42.0 Å². The maximum Gasteiger partial charge on any atom is 0.228 e. The number of nitrogens with zero attached hydrogens (tertiary/aromatic N) is 1. The van der Waals surface area contributed by atoms with Crippen molar-refractivity contribution in [2.45, 2.75) is 25.8 Å². The zero-order valence-corrected chi connectivity index (χ0v) is 13.7. The molecule has 1 amide bonds. The largest absolute Gasteiger partial charge is 0.361 e. The van der Waals surface area contributed by atoms with Crippen molar-refractivity contribution < 1.29 is 4.79 Å². The van der Waals surface area contributed by atoms with Gasteiger partial charge in [0.25, 0.3) is 0 Å². The van der Waals surface area contributed by atoms with Crippen LogP contribution in [0.4, 0.5) is 0 Å². The average molecular weight is 309 g/mol. The Kier molecular flexibility index (Phi) is 3.49. The van der Waals surface area contributed by atoms with Gasteiger partial charge in [-0.2, -0.15) is 0 Å². The molecular formula is C19H23N3O. The first-order chi connectivity index (χ1) is 11.2. The van der Waals surface area contributed by atoms with E-state index in [0.29, 0.717) is 6.04 Å². The zero-order chi connectivity index (χ0) is 16.0. The van der Waals surface area contributed by atoms with Crippen LogP contribution in [0.2, 0.25) is 0 Å². The number of likely N-dealkylation sites (N-methyl/N-ethyl adjacent to an activating group) is 1. The molecule has 1 aliphatic carbocycles. The number of fused-ring (bicyclic) bond motifs is 2. The Hall–Kier alpha value is -2.07. The summed E-state index contributed by atoms with van der Waals surface area (Å²) in [5.74, 6) is 0.0882. The Labute approximate surface area is 136 Å². The number of carbonyl (C=O) groups excluding carboxylic acids is 1. The molecule has 120 valence electrons. The summed E-state index contributed by atoms with van der Waals surface area (Å²) in [7, 11) is 2.13. The highest BCUT2D eigenvalue weighted by Gasteiger charge is 2.35. The number of hydrogen-bond acceptors (Lipinski definition) is 2. The molecular weight excluding hydrogens is 286 g/mol. The summed E-state index contributed by atoms with van der Waals surface area (Å²) in [6.07, 6.45) is 6.33. The lowest BCUT2D eigenvalue weighted by atomic mass is 9.80. The summed E-state index contributed by atoms with van der Waals surface area (Å²) >= 11 is 0. The van der Waals surface area contributed by atoms with E-state index >= 15 is 0 Å². The Balaban J connectivity index is 1.77. The molecule has 2 heterocycles. The van der Waals surface area contributed by atoms with Gasteiger partial charge in [-0.15, -0.1) is 0 Å². The molecule has 0 saturated heterocycles. The standard InChI is InChI=1S/C19H23N3O/c1-3-7-20-19(23)13-8-15-14-5-4-6-16-18(14)12(10-21-16)9-17(15)22(2)11-13/h4-6,8,10,13,17,21H,3,7,9,11H2,1-2H3,(H,20,23). The molecule has 1 aliphatic heterocycles. The minimum absolute atomic E-state index is 0.0615. The molecule has 0 spiro atoms. The van der Waals surface area contributed by atoms with Crippen LogP contribution in [0.1, 0.15) is 24.5 Å². The highest BCUT2D eigenvalue weighted by atomic mass is 16.1. The summed E-state index contributed by atoms with van der Waals surface area (Å²) in [4.78, 5) is 18.1. The van der Waals surface area contributed by atoms with Gasteiger partial charge in [0.1, 0.15) is 0 Å². The lowest BCUT2D eigenvalue weighted by Crippen LogP contribution is -2.46. The summed E-state index contributed by atoms with van der Waals surface area (Å²) in [5.41, 5.74) is 5.18. The fourth-order valence-electron chi connectivity index (χ4n) is 3.99. The normalized spacial score (nSPS) is 23.5. The molecule has 0 bridgehead atoms. The van der Waals surface area contributed by atoms with Crippen LogP contribution in [0, 0.1) is 5.92 Å². The van der Waals surface area contributed by atoms with Gasteiger partial charge in [0.2, 0.25) is 5.91 Å². The molecule has 23 heavy (non-hydrogen) atoms. The quantitative estimate of drug-likeness (QED) is 0.915. The van der Waals surface area contributed by atoms with Gasteiger partial charge in [-0.3, -0.25) is 9.69 Å². The van der Waals surface area contributed by atoms with E-state index in [1.807, 2.05) is 0 Å². The van der Waals surface area contributed by atoms with E-state index in [2.05, 4.69) is 59.6 Å². The van der Waals surface area contributed by atoms with E-state index in [1.54, 1.807) is 0 Å². The molecule has 1 aromatic heterocycles. The van der Waals surface area contributed by atoms with Crippen molar-refractivity contribution in [3.05, 3.63) is 41.6 Å². The van der Waals surface area contributed by atoms with E-state index in [1.165, 1.54) is 27.6 Å². The van der Waals surface area contributed by atoms with Gasteiger partial charge >= 0.3 is 0 Å². The Morgan fingerprint density at radius 3 is 3.13 bits per heavy atom. The van der Waals surface area contributed by atoms with Crippen molar-refractivity contribution in [1.29, 1.82) is 0 Å². The van der Waals surface area contributed by atoms with Crippen molar-refractivity contribution >= 4 is 22.4 Å². The second-order valence-electron chi connectivity index (χ2n) is 6.72. The van der Waals surface area contributed by atoms with Gasteiger partial charge in [0, 0.05) is 36.2 Å². The second-order valence-corrected chi connectivity index (χ2v) is 6.72. The molecule has 2 N–H and O–H groups in total. The number of aromatic nitrogens is 1. The minimum atomic E-state index is -0.0615. The smallest absolute Gasteiger partial charge is 0.228 e. The molecule has 2 unspecified atom stereocenters. The van der Waals surface area contributed by atoms with Gasteiger partial charge in [-0.05, 0) is 42.7 Å². The van der Waals surface area contributed by atoms with Crippen LogP contribution in [0.15, 0.2) is 30.5 Å². The van der Waals surface area contributed by atoms with Gasteiger partial charge in [0.05, 0.1) is 5.92 Å². The molecule has 4 heteroatoms. The van der Waals surface area contributed by atoms with E-state index in [9.17, 15) is 4.79 Å². The number of H-pyrrole nitrogens is 1. The molecule has 4 nitrogen and oxygen atoms in total. The Morgan fingerprint density at radius 1 is 1.43 bits per heavy atom.